The Morgan fingerprint density at radius 1 is 1.21 bits per heavy atom. The van der Waals surface area contributed by atoms with Crippen molar-refractivity contribution in [3.63, 3.8) is 0 Å². The molecule has 11 heteroatoms. The quantitative estimate of drug-likeness (QED) is 0.472. The van der Waals surface area contributed by atoms with Gasteiger partial charge in [-0.15, -0.1) is 0 Å². The van der Waals surface area contributed by atoms with Gasteiger partial charge in [0.25, 0.3) is 0 Å². The summed E-state index contributed by atoms with van der Waals surface area (Å²) >= 11 is 0. The van der Waals surface area contributed by atoms with Crippen molar-refractivity contribution in [1.29, 1.82) is 0 Å². The first-order valence-electron chi connectivity index (χ1n) is 6.57. The van der Waals surface area contributed by atoms with E-state index >= 15 is 0 Å². The Morgan fingerprint density at radius 3 is 2.00 bits per heavy atom. The Bertz CT molecular complexity index is 543. The van der Waals surface area contributed by atoms with E-state index in [1.807, 2.05) is 0 Å². The predicted octanol–water partition coefficient (Wildman–Crippen LogP) is 3.19. The molecule has 0 spiro atoms. The van der Waals surface area contributed by atoms with Crippen LogP contribution in [0.3, 0.4) is 0 Å². The van der Waals surface area contributed by atoms with Crippen LogP contribution >= 0.6 is 0 Å². The molecule has 0 radical (unpaired) electrons. The maximum Gasteiger partial charge on any atom is 0.423 e. The number of hydrogen-bond donors (Lipinski definition) is 1. The Labute approximate surface area is 132 Å². The lowest BCUT2D eigenvalue weighted by Gasteiger charge is -2.58. The van der Waals surface area contributed by atoms with Gasteiger partial charge in [0.1, 0.15) is 0 Å². The molecule has 1 N–H and O–H groups in total. The normalized spacial score (nSPS) is 38.5. The maximum atomic E-state index is 14.7. The highest BCUT2D eigenvalue weighted by Gasteiger charge is 2.90. The van der Waals surface area contributed by atoms with Crippen LogP contribution in [0.15, 0.2) is 12.7 Å². The Morgan fingerprint density at radius 2 is 1.67 bits per heavy atom. The molecule has 0 aromatic carbocycles. The van der Waals surface area contributed by atoms with Crippen molar-refractivity contribution < 1.29 is 50.1 Å². The standard InChI is InChI=1S/C13H15F7O4/c1-5-7(21)23-8(3)11(14,15)9(4,22)24-10(6-2,12(8,16)17)13(18,19)20/h5,22H,1,6H2,2-4H3. The molecular weight excluding hydrogens is 353 g/mol. The molecule has 3 unspecified atom stereocenters. The van der Waals surface area contributed by atoms with Crippen LogP contribution in [0.1, 0.15) is 27.2 Å². The molecule has 140 valence electrons. The average molecular weight is 368 g/mol. The molecule has 0 bridgehead atoms. The summed E-state index contributed by atoms with van der Waals surface area (Å²) in [7, 11) is 0. The first-order valence-corrected chi connectivity index (χ1v) is 6.57. The van der Waals surface area contributed by atoms with E-state index < -0.39 is 47.4 Å². The van der Waals surface area contributed by atoms with Crippen LogP contribution in [0.5, 0.6) is 0 Å². The van der Waals surface area contributed by atoms with Crippen molar-refractivity contribution in [3.05, 3.63) is 12.7 Å². The third-order valence-electron chi connectivity index (χ3n) is 4.09. The van der Waals surface area contributed by atoms with Gasteiger partial charge in [-0.1, -0.05) is 13.5 Å². The minimum absolute atomic E-state index is 0.0817. The zero-order valence-corrected chi connectivity index (χ0v) is 12.8. The highest BCUT2D eigenvalue weighted by molar-refractivity contribution is 5.81. The number of rotatable bonds is 3. The highest BCUT2D eigenvalue weighted by atomic mass is 19.4. The number of hydrogen-bond acceptors (Lipinski definition) is 4. The molecule has 0 saturated carbocycles. The van der Waals surface area contributed by atoms with Gasteiger partial charge < -0.3 is 14.6 Å². The molecule has 24 heavy (non-hydrogen) atoms. The van der Waals surface area contributed by atoms with Gasteiger partial charge >= 0.3 is 24.0 Å². The fourth-order valence-corrected chi connectivity index (χ4v) is 2.59. The second-order valence-electron chi connectivity index (χ2n) is 5.57. The van der Waals surface area contributed by atoms with Crippen LogP contribution in [-0.2, 0) is 14.3 Å². The number of carbonyl (C=O) groups excluding carboxylic acids is 1. The second kappa shape index (κ2) is 5.32. The van der Waals surface area contributed by atoms with Gasteiger partial charge in [0.2, 0.25) is 17.0 Å². The summed E-state index contributed by atoms with van der Waals surface area (Å²) in [6.45, 7) is 3.41. The fraction of sp³-hybridized carbons (Fsp3) is 0.769. The predicted molar refractivity (Wildman–Crippen MR) is 65.4 cm³/mol. The summed E-state index contributed by atoms with van der Waals surface area (Å²) in [6, 6.07) is 0. The molecule has 1 fully saturated rings. The smallest absolute Gasteiger partial charge is 0.423 e. The van der Waals surface area contributed by atoms with Crippen molar-refractivity contribution in [2.75, 3.05) is 0 Å². The first-order chi connectivity index (χ1) is 10.5. The molecule has 1 heterocycles. The van der Waals surface area contributed by atoms with Gasteiger partial charge in [-0.2, -0.15) is 30.7 Å². The molecule has 0 amide bonds. The molecule has 1 aliphatic heterocycles. The molecule has 1 aliphatic rings. The third-order valence-corrected chi connectivity index (χ3v) is 4.09. The lowest BCUT2D eigenvalue weighted by Crippen LogP contribution is -2.84. The van der Waals surface area contributed by atoms with E-state index in [1.165, 1.54) is 0 Å². The molecule has 0 aromatic heterocycles. The average Bonchev–Trinajstić information content (AvgIpc) is 2.40. The summed E-state index contributed by atoms with van der Waals surface area (Å²) in [5.41, 5.74) is -8.88. The van der Waals surface area contributed by atoms with Crippen LogP contribution < -0.4 is 0 Å². The Kier molecular flexibility index (Phi) is 4.58. The van der Waals surface area contributed by atoms with Crippen molar-refractivity contribution in [2.45, 2.75) is 62.2 Å². The van der Waals surface area contributed by atoms with Gasteiger partial charge in [-0.25, -0.2) is 4.79 Å². The van der Waals surface area contributed by atoms with Crippen molar-refractivity contribution in [2.24, 2.45) is 0 Å². The van der Waals surface area contributed by atoms with Gasteiger partial charge in [0.05, 0.1) is 0 Å². The van der Waals surface area contributed by atoms with E-state index in [1.54, 1.807) is 0 Å². The molecule has 1 saturated heterocycles. The SMILES string of the molecule is C=CC(=O)OC1(C)C(F)(F)C(C)(O)OC(CC)(C(F)(F)F)C1(F)F. The zero-order valence-electron chi connectivity index (χ0n) is 12.8. The molecule has 0 aromatic rings. The topological polar surface area (TPSA) is 55.8 Å². The maximum absolute atomic E-state index is 14.7. The number of ether oxygens (including phenoxy) is 2. The summed E-state index contributed by atoms with van der Waals surface area (Å²) < 4.78 is 106. The molecule has 3 atom stereocenters. The molecule has 4 nitrogen and oxygen atoms in total. The van der Waals surface area contributed by atoms with Crippen LogP contribution in [0.25, 0.3) is 0 Å². The van der Waals surface area contributed by atoms with Crippen LogP contribution in [0.4, 0.5) is 30.7 Å². The van der Waals surface area contributed by atoms with Gasteiger partial charge in [-0.05, 0) is 20.3 Å². The highest BCUT2D eigenvalue weighted by Crippen LogP contribution is 2.64. The summed E-state index contributed by atoms with van der Waals surface area (Å²) in [6.07, 6.45) is -7.17. The van der Waals surface area contributed by atoms with Crippen LogP contribution in [0, 0.1) is 0 Å². The van der Waals surface area contributed by atoms with Gasteiger partial charge in [0, 0.05) is 6.08 Å². The first kappa shape index (κ1) is 20.7. The lowest BCUT2D eigenvalue weighted by atomic mass is 9.71. The second-order valence-corrected chi connectivity index (χ2v) is 5.57. The number of aliphatic hydroxyl groups is 1. The van der Waals surface area contributed by atoms with Crippen molar-refractivity contribution in [3.8, 4) is 0 Å². The molecule has 0 aliphatic carbocycles. The fourth-order valence-electron chi connectivity index (χ4n) is 2.59. The number of halogens is 7. The van der Waals surface area contributed by atoms with Crippen molar-refractivity contribution >= 4 is 5.97 Å². The van der Waals surface area contributed by atoms with Crippen LogP contribution in [0.2, 0.25) is 0 Å². The van der Waals surface area contributed by atoms with Gasteiger partial charge in [-0.3, -0.25) is 0 Å². The van der Waals surface area contributed by atoms with E-state index in [2.05, 4.69) is 16.1 Å². The Balaban J connectivity index is 3.81. The largest absolute Gasteiger partial charge is 0.443 e. The zero-order chi connectivity index (χ0) is 19.4. The molecule has 1 rings (SSSR count). The summed E-state index contributed by atoms with van der Waals surface area (Å²) in [5, 5.41) is 9.66. The van der Waals surface area contributed by atoms with Crippen molar-refractivity contribution in [1.82, 2.24) is 0 Å². The van der Waals surface area contributed by atoms with E-state index in [-0.39, 0.29) is 19.9 Å². The monoisotopic (exact) mass is 368 g/mol. The third kappa shape index (κ3) is 2.24. The minimum Gasteiger partial charge on any atom is -0.443 e. The summed E-state index contributed by atoms with van der Waals surface area (Å²) in [4.78, 5) is 11.2. The Hall–Kier alpha value is -1.36. The van der Waals surface area contributed by atoms with E-state index in [0.717, 1.165) is 0 Å². The number of carbonyl (C=O) groups is 1. The summed E-state index contributed by atoms with van der Waals surface area (Å²) in [5.74, 6) is -16.4. The van der Waals surface area contributed by atoms with E-state index in [0.29, 0.717) is 6.92 Å². The lowest BCUT2D eigenvalue weighted by molar-refractivity contribution is -0.513. The van der Waals surface area contributed by atoms with E-state index in [4.69, 9.17) is 0 Å². The number of alkyl halides is 7. The van der Waals surface area contributed by atoms with Crippen LogP contribution in [-0.4, -0.2) is 46.1 Å². The van der Waals surface area contributed by atoms with E-state index in [9.17, 15) is 40.6 Å². The van der Waals surface area contributed by atoms with Gasteiger partial charge in [0.15, 0.2) is 0 Å². The number of esters is 1. The minimum atomic E-state index is -5.87. The molecular formula is C13H15F7O4.